The molecule has 45 heavy (non-hydrogen) atoms. The third kappa shape index (κ3) is 7.16. The van der Waals surface area contributed by atoms with Crippen LogP contribution in [0.25, 0.3) is 0 Å². The lowest BCUT2D eigenvalue weighted by molar-refractivity contribution is -0.150. The van der Waals surface area contributed by atoms with Crippen LogP contribution in [-0.4, -0.2) is 67.3 Å². The SMILES string of the molecule is COc1cc(F)c(O[C@H]2CC[C@@](C)(C(=O)O)CC2)cc1C(=O)N[C@H]1[C@@H](C(=O)Nc2cccc(S(=O)(=O)C(F)(F)F)c2)CC[C@@H]1O. The molecule has 0 unspecified atom stereocenters. The monoisotopic (exact) mass is 660 g/mol. The Labute approximate surface area is 255 Å². The summed E-state index contributed by atoms with van der Waals surface area (Å²) in [7, 11) is -4.47. The molecule has 0 spiro atoms. The minimum Gasteiger partial charge on any atom is -0.496 e. The molecule has 0 aromatic heterocycles. The van der Waals surface area contributed by atoms with E-state index in [9.17, 15) is 50.6 Å². The number of carboxylic acid groups (broad SMARTS) is 1. The summed E-state index contributed by atoms with van der Waals surface area (Å²) in [6.45, 7) is 1.63. The molecule has 2 aliphatic rings. The summed E-state index contributed by atoms with van der Waals surface area (Å²) >= 11 is 0. The number of aliphatic hydroxyl groups excluding tert-OH is 1. The fourth-order valence-electron chi connectivity index (χ4n) is 5.52. The standard InChI is InChI=1S/C29H32F4N2O9S/c1-28(27(39)40)10-8-16(9-11-28)44-23-13-19(22(43-2)14-20(23)30)26(38)35-24-18(6-7-21(24)36)25(37)34-15-4-3-5-17(12-15)45(41,42)29(31,32)33/h3-5,12-14,16,18,21,24,36H,6-11H2,1-2H3,(H,34,37)(H,35,38)(H,39,40)/t16-,18-,21-,24-,28+/m0/s1. The van der Waals surface area contributed by atoms with E-state index >= 15 is 0 Å². The molecule has 11 nitrogen and oxygen atoms in total. The first-order valence-corrected chi connectivity index (χ1v) is 15.4. The van der Waals surface area contributed by atoms with Crippen molar-refractivity contribution in [1.29, 1.82) is 0 Å². The number of amides is 2. The number of sulfone groups is 1. The number of aliphatic hydroxyl groups is 1. The molecule has 0 heterocycles. The summed E-state index contributed by atoms with van der Waals surface area (Å²) < 4.78 is 88.4. The molecule has 4 N–H and O–H groups in total. The second-order valence-corrected chi connectivity index (χ2v) is 13.3. The zero-order chi connectivity index (χ0) is 33.3. The number of carbonyl (C=O) groups is 3. The summed E-state index contributed by atoms with van der Waals surface area (Å²) in [5, 5.41) is 24.9. The van der Waals surface area contributed by atoms with Gasteiger partial charge in [0.05, 0.1) is 47.2 Å². The number of rotatable bonds is 9. The number of ether oxygens (including phenoxy) is 2. The summed E-state index contributed by atoms with van der Waals surface area (Å²) in [5.74, 6) is -4.92. The summed E-state index contributed by atoms with van der Waals surface area (Å²) in [5.41, 5.74) is -6.89. The highest BCUT2D eigenvalue weighted by molar-refractivity contribution is 7.92. The number of alkyl halides is 3. The molecule has 0 bridgehead atoms. The Bertz CT molecular complexity index is 1570. The molecule has 0 radical (unpaired) electrons. The molecule has 16 heteroatoms. The van der Waals surface area contributed by atoms with Gasteiger partial charge in [-0.25, -0.2) is 12.8 Å². The number of nitrogens with one attached hydrogen (secondary N) is 2. The molecule has 3 atom stereocenters. The first kappa shape index (κ1) is 34.0. The zero-order valence-electron chi connectivity index (χ0n) is 24.2. The lowest BCUT2D eigenvalue weighted by atomic mass is 9.75. The van der Waals surface area contributed by atoms with Crippen LogP contribution >= 0.6 is 0 Å². The van der Waals surface area contributed by atoms with Gasteiger partial charge in [0.2, 0.25) is 5.91 Å². The van der Waals surface area contributed by atoms with Crippen LogP contribution in [0.5, 0.6) is 11.5 Å². The van der Waals surface area contributed by atoms with Crippen molar-refractivity contribution in [2.45, 2.75) is 74.1 Å². The summed E-state index contributed by atoms with van der Waals surface area (Å²) in [6.07, 6.45) is -0.257. The number of aliphatic carboxylic acids is 1. The van der Waals surface area contributed by atoms with Crippen molar-refractivity contribution in [3.63, 3.8) is 0 Å². The second kappa shape index (κ2) is 12.8. The van der Waals surface area contributed by atoms with Gasteiger partial charge in [-0.15, -0.1) is 0 Å². The van der Waals surface area contributed by atoms with E-state index in [-0.39, 0.29) is 35.6 Å². The highest BCUT2D eigenvalue weighted by Gasteiger charge is 2.47. The summed E-state index contributed by atoms with van der Waals surface area (Å²) in [6, 6.07) is 4.46. The van der Waals surface area contributed by atoms with Gasteiger partial charge in [-0.2, -0.15) is 13.2 Å². The maximum atomic E-state index is 14.9. The number of carboxylic acids is 1. The number of hydrogen-bond donors (Lipinski definition) is 4. The van der Waals surface area contributed by atoms with Crippen molar-refractivity contribution < 1.29 is 60.0 Å². The van der Waals surface area contributed by atoms with Crippen molar-refractivity contribution >= 4 is 33.3 Å². The fraction of sp³-hybridized carbons (Fsp3) is 0.483. The Morgan fingerprint density at radius 1 is 1.02 bits per heavy atom. The number of hydrogen-bond acceptors (Lipinski definition) is 8. The van der Waals surface area contributed by atoms with Crippen molar-refractivity contribution in [3.05, 3.63) is 47.8 Å². The third-order valence-electron chi connectivity index (χ3n) is 8.32. The van der Waals surface area contributed by atoms with E-state index in [4.69, 9.17) is 9.47 Å². The van der Waals surface area contributed by atoms with Gasteiger partial charge in [0.15, 0.2) is 11.6 Å². The normalized spacial score (nSPS) is 25.3. The van der Waals surface area contributed by atoms with Gasteiger partial charge in [-0.1, -0.05) is 6.07 Å². The minimum atomic E-state index is -5.67. The van der Waals surface area contributed by atoms with Gasteiger partial charge >= 0.3 is 11.5 Å². The smallest absolute Gasteiger partial charge is 0.496 e. The molecule has 2 fully saturated rings. The maximum Gasteiger partial charge on any atom is 0.501 e. The van der Waals surface area contributed by atoms with E-state index in [0.29, 0.717) is 31.7 Å². The average Bonchev–Trinajstić information content (AvgIpc) is 3.34. The van der Waals surface area contributed by atoms with Crippen molar-refractivity contribution in [3.8, 4) is 11.5 Å². The molecular weight excluding hydrogens is 628 g/mol. The van der Waals surface area contributed by atoms with Gasteiger partial charge in [-0.05, 0) is 69.7 Å². The summed E-state index contributed by atoms with van der Waals surface area (Å²) in [4.78, 5) is 36.9. The van der Waals surface area contributed by atoms with Gasteiger partial charge in [0.1, 0.15) is 5.75 Å². The number of anilines is 1. The van der Waals surface area contributed by atoms with Crippen LogP contribution < -0.4 is 20.1 Å². The zero-order valence-corrected chi connectivity index (χ0v) is 25.0. The van der Waals surface area contributed by atoms with E-state index in [1.54, 1.807) is 6.92 Å². The second-order valence-electron chi connectivity index (χ2n) is 11.4. The molecule has 0 saturated heterocycles. The topological polar surface area (TPSA) is 168 Å². The van der Waals surface area contributed by atoms with Gasteiger partial charge < -0.3 is 30.3 Å². The van der Waals surface area contributed by atoms with Crippen molar-refractivity contribution in [1.82, 2.24) is 5.32 Å². The lowest BCUT2D eigenvalue weighted by Gasteiger charge is -2.34. The molecule has 2 saturated carbocycles. The van der Waals surface area contributed by atoms with Gasteiger partial charge in [0.25, 0.3) is 15.7 Å². The van der Waals surface area contributed by atoms with Crippen LogP contribution in [0.2, 0.25) is 0 Å². The molecule has 2 amide bonds. The Morgan fingerprint density at radius 3 is 2.29 bits per heavy atom. The average molecular weight is 661 g/mol. The number of halogens is 4. The first-order valence-electron chi connectivity index (χ1n) is 14.0. The Morgan fingerprint density at radius 2 is 1.69 bits per heavy atom. The quantitative estimate of drug-likeness (QED) is 0.290. The lowest BCUT2D eigenvalue weighted by Crippen LogP contribution is -2.47. The molecule has 0 aliphatic heterocycles. The molecule has 246 valence electrons. The molecule has 4 rings (SSSR count). The van der Waals surface area contributed by atoms with Gasteiger partial charge in [-0.3, -0.25) is 14.4 Å². The third-order valence-corrected chi connectivity index (χ3v) is 9.80. The number of benzene rings is 2. The van der Waals surface area contributed by atoms with E-state index in [1.807, 2.05) is 0 Å². The predicted octanol–water partition coefficient (Wildman–Crippen LogP) is 4.05. The maximum absolute atomic E-state index is 14.9. The van der Waals surface area contributed by atoms with Crippen LogP contribution in [0.15, 0.2) is 41.3 Å². The van der Waals surface area contributed by atoms with Crippen molar-refractivity contribution in [2.24, 2.45) is 11.3 Å². The Balaban J connectivity index is 1.49. The molecule has 2 aliphatic carbocycles. The minimum absolute atomic E-state index is 0.0738. The van der Waals surface area contributed by atoms with Crippen LogP contribution in [-0.2, 0) is 19.4 Å². The Kier molecular flexibility index (Phi) is 9.68. The first-order chi connectivity index (χ1) is 21.0. The molecule has 2 aromatic rings. The fourth-order valence-corrected chi connectivity index (χ4v) is 6.33. The van der Waals surface area contributed by atoms with Crippen LogP contribution in [0.3, 0.4) is 0 Å². The van der Waals surface area contributed by atoms with Crippen molar-refractivity contribution in [2.75, 3.05) is 12.4 Å². The predicted molar refractivity (Wildman–Crippen MR) is 150 cm³/mol. The number of carbonyl (C=O) groups excluding carboxylic acids is 2. The molecular formula is C29H32F4N2O9S. The van der Waals surface area contributed by atoms with E-state index in [2.05, 4.69) is 10.6 Å². The van der Waals surface area contributed by atoms with Crippen LogP contribution in [0.1, 0.15) is 55.8 Å². The van der Waals surface area contributed by atoms with E-state index in [1.165, 1.54) is 13.2 Å². The highest BCUT2D eigenvalue weighted by Crippen LogP contribution is 2.39. The molecule has 2 aromatic carbocycles. The van der Waals surface area contributed by atoms with Crippen LogP contribution in [0.4, 0.5) is 23.2 Å². The largest absolute Gasteiger partial charge is 0.501 e. The van der Waals surface area contributed by atoms with Crippen LogP contribution in [0, 0.1) is 17.2 Å². The Hall–Kier alpha value is -3.92. The van der Waals surface area contributed by atoms with Gasteiger partial charge in [0, 0.05) is 11.8 Å². The highest BCUT2D eigenvalue weighted by atomic mass is 32.2. The number of methoxy groups -OCH3 is 1. The van der Waals surface area contributed by atoms with E-state index in [0.717, 1.165) is 24.3 Å². The van der Waals surface area contributed by atoms with E-state index < -0.39 is 73.4 Å².